The predicted molar refractivity (Wildman–Crippen MR) is 136 cm³/mol. The van der Waals surface area contributed by atoms with Crippen LogP contribution in [0.1, 0.15) is 62.3 Å². The van der Waals surface area contributed by atoms with E-state index in [9.17, 15) is 9.59 Å². The van der Waals surface area contributed by atoms with Crippen LogP contribution in [0.4, 0.5) is 0 Å². The number of hydrogen-bond donors (Lipinski definition) is 1. The van der Waals surface area contributed by atoms with Gasteiger partial charge in [-0.25, -0.2) is 0 Å². The number of nitrogens with zero attached hydrogens (tertiary/aromatic N) is 2. The summed E-state index contributed by atoms with van der Waals surface area (Å²) in [6, 6.07) is 16.1. The highest BCUT2D eigenvalue weighted by Gasteiger charge is 2.34. The largest absolute Gasteiger partial charge is 0.350 e. The van der Waals surface area contributed by atoms with Crippen LogP contribution in [-0.2, 0) is 35.6 Å². The van der Waals surface area contributed by atoms with Crippen molar-refractivity contribution in [3.8, 4) is 0 Å². The molecule has 2 aromatic rings. The molecule has 34 heavy (non-hydrogen) atoms. The lowest BCUT2D eigenvalue weighted by atomic mass is 9.92. The van der Waals surface area contributed by atoms with Crippen LogP contribution in [0.3, 0.4) is 0 Å². The van der Waals surface area contributed by atoms with Crippen molar-refractivity contribution in [3.63, 3.8) is 0 Å². The molecule has 2 atom stereocenters. The summed E-state index contributed by atoms with van der Waals surface area (Å²) in [5, 5.41) is 3.17. The predicted octanol–water partition coefficient (Wildman–Crippen LogP) is 4.53. The van der Waals surface area contributed by atoms with Gasteiger partial charge in [0, 0.05) is 39.0 Å². The van der Waals surface area contributed by atoms with Crippen LogP contribution in [0, 0.1) is 11.8 Å². The highest BCUT2D eigenvalue weighted by atomic mass is 16.2. The number of carbonyl (C=O) groups excluding carboxylic acids is 2. The van der Waals surface area contributed by atoms with E-state index in [2.05, 4.69) is 47.5 Å². The van der Waals surface area contributed by atoms with Crippen LogP contribution in [0.5, 0.6) is 0 Å². The van der Waals surface area contributed by atoms with E-state index in [1.54, 1.807) is 4.90 Å². The summed E-state index contributed by atoms with van der Waals surface area (Å²) in [5.41, 5.74) is 4.74. The van der Waals surface area contributed by atoms with Gasteiger partial charge in [0.15, 0.2) is 0 Å². The Bertz CT molecular complexity index is 1000. The lowest BCUT2D eigenvalue weighted by Gasteiger charge is -2.36. The molecule has 2 unspecified atom stereocenters. The zero-order valence-electron chi connectivity index (χ0n) is 20.9. The van der Waals surface area contributed by atoms with Gasteiger partial charge in [-0.1, -0.05) is 69.3 Å². The Morgan fingerprint density at radius 1 is 1.03 bits per heavy atom. The van der Waals surface area contributed by atoms with Gasteiger partial charge in [0.25, 0.3) is 0 Å². The quantitative estimate of drug-likeness (QED) is 0.659. The number of fused-ring (bicyclic) bond motifs is 1. The number of piperidine rings is 1. The zero-order chi connectivity index (χ0) is 24.1. The number of hydrogen-bond acceptors (Lipinski definition) is 3. The molecule has 1 saturated heterocycles. The van der Waals surface area contributed by atoms with E-state index in [1.165, 1.54) is 18.4 Å². The molecule has 2 amide bonds. The van der Waals surface area contributed by atoms with Crippen LogP contribution >= 0.6 is 0 Å². The minimum atomic E-state index is -0.462. The summed E-state index contributed by atoms with van der Waals surface area (Å²) in [5.74, 6) is 0.999. The Balaban J connectivity index is 1.45. The minimum Gasteiger partial charge on any atom is -0.350 e. The van der Waals surface area contributed by atoms with Gasteiger partial charge in [-0.3, -0.25) is 14.5 Å². The monoisotopic (exact) mass is 461 g/mol. The fourth-order valence-electron chi connectivity index (χ4n) is 5.34. The second-order valence-corrected chi connectivity index (χ2v) is 10.6. The van der Waals surface area contributed by atoms with E-state index in [0.29, 0.717) is 25.9 Å². The van der Waals surface area contributed by atoms with Gasteiger partial charge in [0.05, 0.1) is 0 Å². The molecule has 2 heterocycles. The molecule has 1 N–H and O–H groups in total. The standard InChI is InChI=1S/C29H39N3O2/c1-21(2)15-28(33)32-20-26-13-6-4-10-23(26)16-27(32)29(34)30-17-24-11-5-7-12-25(24)19-31-14-8-9-22(3)18-31/h4-7,10-13,21-22,27H,8-9,14-20H2,1-3H3,(H,30,34). The molecule has 182 valence electrons. The van der Waals surface area contributed by atoms with Crippen molar-refractivity contribution in [2.24, 2.45) is 11.8 Å². The smallest absolute Gasteiger partial charge is 0.243 e. The Hall–Kier alpha value is -2.66. The maximum Gasteiger partial charge on any atom is 0.243 e. The molecule has 0 aromatic heterocycles. The van der Waals surface area contributed by atoms with E-state index in [0.717, 1.165) is 42.2 Å². The summed E-state index contributed by atoms with van der Waals surface area (Å²) >= 11 is 0. The molecular formula is C29H39N3O2. The first-order valence-corrected chi connectivity index (χ1v) is 12.8. The van der Waals surface area contributed by atoms with E-state index in [-0.39, 0.29) is 17.7 Å². The van der Waals surface area contributed by atoms with Crippen LogP contribution in [0.15, 0.2) is 48.5 Å². The number of rotatable bonds is 7. The molecule has 2 aromatic carbocycles. The average molecular weight is 462 g/mol. The number of carbonyl (C=O) groups is 2. The van der Waals surface area contributed by atoms with Crippen molar-refractivity contribution in [1.82, 2.24) is 15.1 Å². The van der Waals surface area contributed by atoms with Gasteiger partial charge in [-0.15, -0.1) is 0 Å². The molecule has 0 bridgehead atoms. The van der Waals surface area contributed by atoms with E-state index < -0.39 is 6.04 Å². The second-order valence-electron chi connectivity index (χ2n) is 10.6. The number of nitrogens with one attached hydrogen (secondary N) is 1. The third-order valence-corrected chi connectivity index (χ3v) is 7.16. The first-order valence-electron chi connectivity index (χ1n) is 12.8. The molecule has 4 rings (SSSR count). The number of amides is 2. The summed E-state index contributed by atoms with van der Waals surface area (Å²) < 4.78 is 0. The van der Waals surface area contributed by atoms with Crippen LogP contribution in [0.25, 0.3) is 0 Å². The molecule has 5 heteroatoms. The van der Waals surface area contributed by atoms with E-state index in [1.807, 2.05) is 32.0 Å². The maximum absolute atomic E-state index is 13.4. The molecule has 2 aliphatic heterocycles. The fourth-order valence-corrected chi connectivity index (χ4v) is 5.34. The van der Waals surface area contributed by atoms with E-state index >= 15 is 0 Å². The van der Waals surface area contributed by atoms with Gasteiger partial charge >= 0.3 is 0 Å². The summed E-state index contributed by atoms with van der Waals surface area (Å²) in [4.78, 5) is 30.8. The highest BCUT2D eigenvalue weighted by Crippen LogP contribution is 2.25. The van der Waals surface area contributed by atoms with Gasteiger partial charge in [-0.2, -0.15) is 0 Å². The first kappa shape index (κ1) is 24.5. The average Bonchev–Trinajstić information content (AvgIpc) is 2.82. The Morgan fingerprint density at radius 3 is 2.47 bits per heavy atom. The normalized spacial score (nSPS) is 20.8. The van der Waals surface area contributed by atoms with Crippen LogP contribution in [0.2, 0.25) is 0 Å². The zero-order valence-corrected chi connectivity index (χ0v) is 20.9. The Kier molecular flexibility index (Phi) is 8.04. The molecule has 5 nitrogen and oxygen atoms in total. The lowest BCUT2D eigenvalue weighted by Crippen LogP contribution is -2.52. The van der Waals surface area contributed by atoms with Gasteiger partial charge < -0.3 is 10.2 Å². The summed E-state index contributed by atoms with van der Waals surface area (Å²) in [6.45, 7) is 10.6. The third-order valence-electron chi connectivity index (χ3n) is 7.16. The summed E-state index contributed by atoms with van der Waals surface area (Å²) in [6.07, 6.45) is 3.59. The van der Waals surface area contributed by atoms with Crippen molar-refractivity contribution in [1.29, 1.82) is 0 Å². The van der Waals surface area contributed by atoms with Gasteiger partial charge in [0.1, 0.15) is 6.04 Å². The molecule has 0 aliphatic carbocycles. The molecule has 2 aliphatic rings. The van der Waals surface area contributed by atoms with Crippen molar-refractivity contribution < 1.29 is 9.59 Å². The lowest BCUT2D eigenvalue weighted by molar-refractivity contribution is -0.142. The number of benzene rings is 2. The topological polar surface area (TPSA) is 52.7 Å². The van der Waals surface area contributed by atoms with Crippen molar-refractivity contribution >= 4 is 11.8 Å². The molecule has 0 radical (unpaired) electrons. The SMILES string of the molecule is CC(C)CC(=O)N1Cc2ccccc2CC1C(=O)NCc1ccccc1CN1CCCC(C)C1. The van der Waals surface area contributed by atoms with Crippen LogP contribution in [-0.4, -0.2) is 40.7 Å². The number of likely N-dealkylation sites (tertiary alicyclic amines) is 1. The summed E-state index contributed by atoms with van der Waals surface area (Å²) in [7, 11) is 0. The molecule has 0 spiro atoms. The first-order chi connectivity index (χ1) is 16.4. The molecular weight excluding hydrogens is 422 g/mol. The molecule has 0 saturated carbocycles. The van der Waals surface area contributed by atoms with Crippen molar-refractivity contribution in [2.45, 2.75) is 72.1 Å². The minimum absolute atomic E-state index is 0.0595. The highest BCUT2D eigenvalue weighted by molar-refractivity contribution is 5.88. The third kappa shape index (κ3) is 6.06. The van der Waals surface area contributed by atoms with Gasteiger partial charge in [-0.05, 0) is 53.5 Å². The Labute approximate surface area is 204 Å². The molecule has 1 fully saturated rings. The Morgan fingerprint density at radius 2 is 1.74 bits per heavy atom. The van der Waals surface area contributed by atoms with E-state index in [4.69, 9.17) is 0 Å². The van der Waals surface area contributed by atoms with Crippen molar-refractivity contribution in [2.75, 3.05) is 13.1 Å². The van der Waals surface area contributed by atoms with Gasteiger partial charge in [0.2, 0.25) is 11.8 Å². The fraction of sp³-hybridized carbons (Fsp3) is 0.517. The van der Waals surface area contributed by atoms with Crippen LogP contribution < -0.4 is 5.32 Å². The maximum atomic E-state index is 13.4. The van der Waals surface area contributed by atoms with Crippen molar-refractivity contribution in [3.05, 3.63) is 70.8 Å². The second kappa shape index (κ2) is 11.2.